The first-order chi connectivity index (χ1) is 9.01. The molecule has 4 fully saturated rings. The van der Waals surface area contributed by atoms with Gasteiger partial charge < -0.3 is 19.5 Å². The predicted octanol–water partition coefficient (Wildman–Crippen LogP) is 1.63. The molecule has 3 aliphatic heterocycles. The largest absolute Gasteiger partial charge is 0.481 e. The highest BCUT2D eigenvalue weighted by Gasteiger charge is 2.80. The monoisotopic (exact) mass is 283 g/mol. The first-order valence-corrected chi connectivity index (χ1v) is 6.93. The normalized spacial score (nSPS) is 37.3. The molecule has 1 N–H and O–H groups in total. The minimum absolute atomic E-state index is 0.309. The summed E-state index contributed by atoms with van der Waals surface area (Å²) in [5.41, 5.74) is -2.42. The zero-order chi connectivity index (χ0) is 15.0. The fraction of sp³-hybridized carbons (Fsp3) is 0.857. The third-order valence-corrected chi connectivity index (χ3v) is 4.62. The Morgan fingerprint density at radius 1 is 1.25 bits per heavy atom. The van der Waals surface area contributed by atoms with Crippen molar-refractivity contribution < 1.29 is 24.2 Å². The molecule has 4 aliphatic rings. The number of likely N-dealkylation sites (tertiary alicyclic amines) is 1. The number of hydrogen-bond donors (Lipinski definition) is 1. The molecule has 0 radical (unpaired) electrons. The molecule has 1 aliphatic carbocycles. The Bertz CT molecular complexity index is 480. The molecule has 0 aromatic rings. The standard InChI is InChI=1S/C14H21NO5/c1-11(2,3)19-10(18)15-7-14(8-15)13(9(16)17)5-12(4,6-13)20-14/h5-8H2,1-4H3,(H,16,17). The van der Waals surface area contributed by atoms with Crippen LogP contribution in [-0.4, -0.2) is 52.0 Å². The van der Waals surface area contributed by atoms with Gasteiger partial charge in [0.2, 0.25) is 0 Å². The molecule has 0 aromatic carbocycles. The molecule has 1 amide bonds. The van der Waals surface area contributed by atoms with Crippen LogP contribution in [0.2, 0.25) is 0 Å². The van der Waals surface area contributed by atoms with Crippen LogP contribution in [0.15, 0.2) is 0 Å². The number of carbonyl (C=O) groups is 2. The van der Waals surface area contributed by atoms with Crippen molar-refractivity contribution in [1.82, 2.24) is 4.90 Å². The average Bonchev–Trinajstić information content (AvgIpc) is 2.56. The van der Waals surface area contributed by atoms with E-state index in [2.05, 4.69) is 0 Å². The van der Waals surface area contributed by atoms with Gasteiger partial charge in [-0.25, -0.2) is 4.79 Å². The third-order valence-electron chi connectivity index (χ3n) is 4.62. The van der Waals surface area contributed by atoms with Crippen molar-refractivity contribution in [3.8, 4) is 0 Å². The lowest BCUT2D eigenvalue weighted by molar-refractivity contribution is -0.172. The smallest absolute Gasteiger partial charge is 0.410 e. The van der Waals surface area contributed by atoms with Crippen molar-refractivity contribution in [2.75, 3.05) is 13.1 Å². The summed E-state index contributed by atoms with van der Waals surface area (Å²) < 4.78 is 11.3. The van der Waals surface area contributed by atoms with Crippen molar-refractivity contribution in [2.45, 2.75) is 57.3 Å². The summed E-state index contributed by atoms with van der Waals surface area (Å²) >= 11 is 0. The molecule has 2 bridgehead atoms. The van der Waals surface area contributed by atoms with E-state index < -0.39 is 28.7 Å². The van der Waals surface area contributed by atoms with Gasteiger partial charge in [-0.1, -0.05) is 0 Å². The van der Waals surface area contributed by atoms with E-state index in [0.717, 1.165) is 0 Å². The van der Waals surface area contributed by atoms with Crippen LogP contribution in [0.5, 0.6) is 0 Å². The van der Waals surface area contributed by atoms with Gasteiger partial charge in [0.15, 0.2) is 0 Å². The Kier molecular flexibility index (Phi) is 2.37. The number of hydrogen-bond acceptors (Lipinski definition) is 4. The second-order valence-corrected chi connectivity index (χ2v) is 7.62. The van der Waals surface area contributed by atoms with Gasteiger partial charge in [0.25, 0.3) is 0 Å². The van der Waals surface area contributed by atoms with Gasteiger partial charge in [-0.2, -0.15) is 0 Å². The second-order valence-electron chi connectivity index (χ2n) is 7.62. The molecule has 4 rings (SSSR count). The van der Waals surface area contributed by atoms with Crippen molar-refractivity contribution >= 4 is 12.1 Å². The molecular weight excluding hydrogens is 262 g/mol. The van der Waals surface area contributed by atoms with Crippen LogP contribution in [0.1, 0.15) is 40.5 Å². The molecule has 20 heavy (non-hydrogen) atoms. The molecule has 3 heterocycles. The Labute approximate surface area is 118 Å². The van der Waals surface area contributed by atoms with Crippen LogP contribution in [-0.2, 0) is 14.3 Å². The molecule has 1 spiro atoms. The highest BCUT2D eigenvalue weighted by Crippen LogP contribution is 2.68. The molecule has 0 unspecified atom stereocenters. The van der Waals surface area contributed by atoms with Gasteiger partial charge in [0, 0.05) is 0 Å². The van der Waals surface area contributed by atoms with Gasteiger partial charge in [0.1, 0.15) is 16.6 Å². The van der Waals surface area contributed by atoms with E-state index in [4.69, 9.17) is 9.47 Å². The van der Waals surface area contributed by atoms with Crippen molar-refractivity contribution in [3.05, 3.63) is 0 Å². The van der Waals surface area contributed by atoms with Crippen molar-refractivity contribution in [1.29, 1.82) is 0 Å². The number of amides is 1. The van der Waals surface area contributed by atoms with Gasteiger partial charge in [-0.3, -0.25) is 4.79 Å². The van der Waals surface area contributed by atoms with E-state index >= 15 is 0 Å². The van der Waals surface area contributed by atoms with Gasteiger partial charge in [0.05, 0.1) is 18.7 Å². The Hall–Kier alpha value is -1.30. The first kappa shape index (κ1) is 13.7. The molecule has 112 valence electrons. The fourth-order valence-electron chi connectivity index (χ4n) is 3.93. The topological polar surface area (TPSA) is 76.1 Å². The molecular formula is C14H21NO5. The minimum atomic E-state index is -0.819. The zero-order valence-corrected chi connectivity index (χ0v) is 12.4. The van der Waals surface area contributed by atoms with E-state index in [1.165, 1.54) is 4.90 Å². The maximum Gasteiger partial charge on any atom is 0.410 e. The molecule has 0 atom stereocenters. The number of carbonyl (C=O) groups excluding carboxylic acids is 1. The lowest BCUT2D eigenvalue weighted by atomic mass is 9.54. The number of ether oxygens (including phenoxy) is 2. The van der Waals surface area contributed by atoms with E-state index in [-0.39, 0.29) is 5.60 Å². The van der Waals surface area contributed by atoms with Crippen LogP contribution in [0, 0.1) is 5.41 Å². The highest BCUT2D eigenvalue weighted by atomic mass is 16.6. The van der Waals surface area contributed by atoms with Crippen molar-refractivity contribution in [3.63, 3.8) is 0 Å². The summed E-state index contributed by atoms with van der Waals surface area (Å²) in [5, 5.41) is 9.52. The summed E-state index contributed by atoms with van der Waals surface area (Å²) in [6.07, 6.45) is 0.677. The highest BCUT2D eigenvalue weighted by molar-refractivity contribution is 5.81. The van der Waals surface area contributed by atoms with E-state index in [9.17, 15) is 14.7 Å². The van der Waals surface area contributed by atoms with Crippen LogP contribution in [0.3, 0.4) is 0 Å². The third kappa shape index (κ3) is 1.60. The number of carboxylic acids is 1. The number of aliphatic carboxylic acids is 1. The maximum absolute atomic E-state index is 12.0. The van der Waals surface area contributed by atoms with Crippen LogP contribution < -0.4 is 0 Å². The summed E-state index contributed by atoms with van der Waals surface area (Å²) in [6, 6.07) is 0. The Morgan fingerprint density at radius 3 is 2.25 bits per heavy atom. The maximum atomic E-state index is 12.0. The SMILES string of the molecule is CC(C)(C)OC(=O)N1CC2(C1)OC1(C)CC2(C(=O)O)C1. The van der Waals surface area contributed by atoms with Gasteiger partial charge >= 0.3 is 12.1 Å². The number of carboxylic acid groups (broad SMARTS) is 1. The van der Waals surface area contributed by atoms with E-state index in [1.807, 2.05) is 27.7 Å². The first-order valence-electron chi connectivity index (χ1n) is 6.93. The Morgan fingerprint density at radius 2 is 1.80 bits per heavy atom. The second kappa shape index (κ2) is 3.47. The number of rotatable bonds is 1. The quantitative estimate of drug-likeness (QED) is 0.791. The van der Waals surface area contributed by atoms with Gasteiger partial charge in [-0.05, 0) is 40.5 Å². The van der Waals surface area contributed by atoms with Crippen LogP contribution >= 0.6 is 0 Å². The average molecular weight is 283 g/mol. The fourth-order valence-corrected chi connectivity index (χ4v) is 3.93. The zero-order valence-electron chi connectivity index (χ0n) is 12.4. The Balaban J connectivity index is 1.71. The van der Waals surface area contributed by atoms with E-state index in [0.29, 0.717) is 25.9 Å². The van der Waals surface area contributed by atoms with Crippen LogP contribution in [0.25, 0.3) is 0 Å². The lowest BCUT2D eigenvalue weighted by Gasteiger charge is -2.52. The summed E-state index contributed by atoms with van der Waals surface area (Å²) in [7, 11) is 0. The molecule has 1 saturated carbocycles. The van der Waals surface area contributed by atoms with Crippen LogP contribution in [0.4, 0.5) is 4.79 Å². The summed E-state index contributed by atoms with van der Waals surface area (Å²) in [4.78, 5) is 25.1. The molecule has 0 aromatic heterocycles. The lowest BCUT2D eigenvalue weighted by Crippen LogP contribution is -2.71. The molecule has 6 heteroatoms. The minimum Gasteiger partial charge on any atom is -0.481 e. The van der Waals surface area contributed by atoms with Gasteiger partial charge in [-0.15, -0.1) is 0 Å². The predicted molar refractivity (Wildman–Crippen MR) is 69.3 cm³/mol. The summed E-state index contributed by atoms with van der Waals surface area (Å²) in [5.74, 6) is -0.809. The molecule has 6 nitrogen and oxygen atoms in total. The number of nitrogens with zero attached hydrogens (tertiary/aromatic N) is 1. The van der Waals surface area contributed by atoms with E-state index in [1.54, 1.807) is 0 Å². The molecule has 3 saturated heterocycles. The summed E-state index contributed by atoms with van der Waals surface area (Å²) in [6.45, 7) is 7.99. The van der Waals surface area contributed by atoms with Crippen molar-refractivity contribution in [2.24, 2.45) is 5.41 Å².